The van der Waals surface area contributed by atoms with E-state index in [2.05, 4.69) is 16.7 Å². The summed E-state index contributed by atoms with van der Waals surface area (Å²) in [5, 5.41) is 1.63. The second-order valence-electron chi connectivity index (χ2n) is 4.20. The lowest BCUT2D eigenvalue weighted by atomic mass is 10.2. The summed E-state index contributed by atoms with van der Waals surface area (Å²) in [5.74, 6) is 5.45. The molecule has 0 atom stereocenters. The number of nitrogens with one attached hydrogen (secondary N) is 1. The van der Waals surface area contributed by atoms with Gasteiger partial charge in [-0.3, -0.25) is 0 Å². The molecule has 0 bridgehead atoms. The van der Waals surface area contributed by atoms with Crippen molar-refractivity contribution in [2.45, 2.75) is 4.90 Å². The molecule has 108 valence electrons. The minimum atomic E-state index is -3.64. The molecule has 0 aromatic heterocycles. The normalized spacial score (nSPS) is 16.4. The first kappa shape index (κ1) is 15.0. The van der Waals surface area contributed by atoms with Gasteiger partial charge in [0, 0.05) is 18.7 Å². The number of hydrogen-bond acceptors (Lipinski definition) is 5. The fourth-order valence-corrected chi connectivity index (χ4v) is 3.11. The molecule has 1 saturated heterocycles. The highest BCUT2D eigenvalue weighted by atomic mass is 32.2. The molecule has 6 nitrogen and oxygen atoms in total. The van der Waals surface area contributed by atoms with E-state index in [1.807, 2.05) is 0 Å². The van der Waals surface area contributed by atoms with Gasteiger partial charge in [-0.05, 0) is 12.1 Å². The van der Waals surface area contributed by atoms with E-state index in [0.717, 1.165) is 0 Å². The van der Waals surface area contributed by atoms with Crippen LogP contribution >= 0.6 is 0 Å². The SMILES string of the molecule is NCC#Cc1ccccc1S(=O)(=O)NN1CCOCC1. The predicted octanol–water partition coefficient (Wildman–Crippen LogP) is -0.478. The number of nitrogens with zero attached hydrogens (tertiary/aromatic N) is 1. The summed E-state index contributed by atoms with van der Waals surface area (Å²) in [5.41, 5.74) is 5.77. The average Bonchev–Trinajstić information content (AvgIpc) is 2.46. The zero-order chi connectivity index (χ0) is 14.4. The number of rotatable bonds is 3. The molecule has 0 amide bonds. The van der Waals surface area contributed by atoms with Gasteiger partial charge in [0.2, 0.25) is 0 Å². The molecule has 0 radical (unpaired) electrons. The first-order chi connectivity index (χ1) is 9.63. The van der Waals surface area contributed by atoms with Gasteiger partial charge >= 0.3 is 0 Å². The number of hydrogen-bond donors (Lipinski definition) is 2. The Morgan fingerprint density at radius 2 is 2.00 bits per heavy atom. The van der Waals surface area contributed by atoms with Crippen molar-refractivity contribution in [1.29, 1.82) is 0 Å². The van der Waals surface area contributed by atoms with E-state index in [4.69, 9.17) is 10.5 Å². The van der Waals surface area contributed by atoms with E-state index in [0.29, 0.717) is 31.9 Å². The zero-order valence-electron chi connectivity index (χ0n) is 11.0. The van der Waals surface area contributed by atoms with Crippen molar-refractivity contribution in [3.05, 3.63) is 29.8 Å². The van der Waals surface area contributed by atoms with Crippen LogP contribution in [0.4, 0.5) is 0 Å². The number of hydrazine groups is 1. The van der Waals surface area contributed by atoms with Gasteiger partial charge in [0.15, 0.2) is 0 Å². The quantitative estimate of drug-likeness (QED) is 0.736. The van der Waals surface area contributed by atoms with Crippen LogP contribution in [0.5, 0.6) is 0 Å². The van der Waals surface area contributed by atoms with Crippen LogP contribution in [0.15, 0.2) is 29.2 Å². The fraction of sp³-hybridized carbons (Fsp3) is 0.385. The Morgan fingerprint density at radius 3 is 2.70 bits per heavy atom. The number of sulfonamides is 1. The van der Waals surface area contributed by atoms with Crippen molar-refractivity contribution < 1.29 is 13.2 Å². The van der Waals surface area contributed by atoms with E-state index in [-0.39, 0.29) is 11.4 Å². The van der Waals surface area contributed by atoms with Crippen molar-refractivity contribution in [3.63, 3.8) is 0 Å². The van der Waals surface area contributed by atoms with Gasteiger partial charge in [0.05, 0.1) is 24.7 Å². The molecule has 1 aliphatic heterocycles. The van der Waals surface area contributed by atoms with Gasteiger partial charge in [0.1, 0.15) is 0 Å². The maximum atomic E-state index is 12.4. The third-order valence-corrected chi connectivity index (χ3v) is 4.20. The van der Waals surface area contributed by atoms with Gasteiger partial charge in [0.25, 0.3) is 10.0 Å². The number of nitrogens with two attached hydrogens (primary N) is 1. The molecule has 1 aromatic rings. The second-order valence-corrected chi connectivity index (χ2v) is 5.83. The molecule has 1 fully saturated rings. The maximum absolute atomic E-state index is 12.4. The van der Waals surface area contributed by atoms with Gasteiger partial charge in [-0.25, -0.2) is 13.4 Å². The molecule has 0 spiro atoms. The maximum Gasteiger partial charge on any atom is 0.254 e. The molecule has 0 aliphatic carbocycles. The van der Waals surface area contributed by atoms with Crippen molar-refractivity contribution in [2.75, 3.05) is 32.8 Å². The Labute approximate surface area is 118 Å². The Hall–Kier alpha value is -1.43. The highest BCUT2D eigenvalue weighted by molar-refractivity contribution is 7.89. The Kier molecular flexibility index (Phi) is 5.11. The molecule has 20 heavy (non-hydrogen) atoms. The Balaban J connectivity index is 2.24. The molecule has 2 rings (SSSR count). The lowest BCUT2D eigenvalue weighted by molar-refractivity contribution is 0.0272. The molecular weight excluding hydrogens is 278 g/mol. The van der Waals surface area contributed by atoms with Gasteiger partial charge < -0.3 is 10.5 Å². The van der Waals surface area contributed by atoms with Gasteiger partial charge in [-0.15, -0.1) is 4.83 Å². The van der Waals surface area contributed by atoms with E-state index in [9.17, 15) is 8.42 Å². The molecule has 1 aliphatic rings. The lowest BCUT2D eigenvalue weighted by Gasteiger charge is -2.26. The third kappa shape index (κ3) is 3.79. The molecule has 0 unspecified atom stereocenters. The summed E-state index contributed by atoms with van der Waals surface area (Å²) < 4.78 is 30.0. The minimum absolute atomic E-state index is 0.160. The largest absolute Gasteiger partial charge is 0.379 e. The highest BCUT2D eigenvalue weighted by Gasteiger charge is 2.22. The van der Waals surface area contributed by atoms with Crippen LogP contribution in [0, 0.1) is 11.8 Å². The molecule has 7 heteroatoms. The molecule has 3 N–H and O–H groups in total. The van der Waals surface area contributed by atoms with Crippen LogP contribution < -0.4 is 10.6 Å². The first-order valence-corrected chi connectivity index (χ1v) is 7.75. The summed E-state index contributed by atoms with van der Waals surface area (Å²) in [4.78, 5) is 2.71. The molecule has 0 saturated carbocycles. The second kappa shape index (κ2) is 6.83. The first-order valence-electron chi connectivity index (χ1n) is 6.26. The summed E-state index contributed by atoms with van der Waals surface area (Å²) in [6, 6.07) is 6.61. The highest BCUT2D eigenvalue weighted by Crippen LogP contribution is 2.14. The lowest BCUT2D eigenvalue weighted by Crippen LogP contribution is -2.48. The van der Waals surface area contributed by atoms with Crippen molar-refractivity contribution in [2.24, 2.45) is 5.73 Å². The summed E-state index contributed by atoms with van der Waals surface area (Å²) in [6.07, 6.45) is 0. The number of morpholine rings is 1. The molecular formula is C13H17N3O3S. The van der Waals surface area contributed by atoms with Crippen LogP contribution in [0.25, 0.3) is 0 Å². The Morgan fingerprint density at radius 1 is 1.30 bits per heavy atom. The van der Waals surface area contributed by atoms with E-state index < -0.39 is 10.0 Å². The van der Waals surface area contributed by atoms with Crippen molar-refractivity contribution >= 4 is 10.0 Å². The number of benzene rings is 1. The van der Waals surface area contributed by atoms with Gasteiger partial charge in [-0.1, -0.05) is 24.0 Å². The van der Waals surface area contributed by atoms with Crippen LogP contribution in [-0.2, 0) is 14.8 Å². The minimum Gasteiger partial charge on any atom is -0.379 e. The van der Waals surface area contributed by atoms with Crippen LogP contribution in [-0.4, -0.2) is 46.3 Å². The monoisotopic (exact) mass is 295 g/mol. The van der Waals surface area contributed by atoms with E-state index in [1.165, 1.54) is 6.07 Å². The van der Waals surface area contributed by atoms with Crippen molar-refractivity contribution in [1.82, 2.24) is 9.84 Å². The molecule has 1 heterocycles. The van der Waals surface area contributed by atoms with Crippen LogP contribution in [0.2, 0.25) is 0 Å². The Bertz CT molecular complexity index is 613. The summed E-state index contributed by atoms with van der Waals surface area (Å²) >= 11 is 0. The van der Waals surface area contributed by atoms with Gasteiger partial charge in [-0.2, -0.15) is 0 Å². The standard InChI is InChI=1S/C13H17N3O3S/c14-7-3-5-12-4-1-2-6-13(12)20(17,18)15-16-8-10-19-11-9-16/h1-2,4,6,15H,7-11,14H2. The fourth-order valence-electron chi connectivity index (χ4n) is 1.82. The molecule has 1 aromatic carbocycles. The summed E-state index contributed by atoms with van der Waals surface area (Å²) in [7, 11) is -3.64. The zero-order valence-corrected chi connectivity index (χ0v) is 11.8. The summed E-state index contributed by atoms with van der Waals surface area (Å²) in [6.45, 7) is 2.26. The smallest absolute Gasteiger partial charge is 0.254 e. The van der Waals surface area contributed by atoms with E-state index in [1.54, 1.807) is 23.2 Å². The number of ether oxygens (including phenoxy) is 1. The third-order valence-electron chi connectivity index (χ3n) is 2.76. The predicted molar refractivity (Wildman–Crippen MR) is 75.1 cm³/mol. The average molecular weight is 295 g/mol. The van der Waals surface area contributed by atoms with Crippen LogP contribution in [0.1, 0.15) is 5.56 Å². The topological polar surface area (TPSA) is 84.7 Å². The van der Waals surface area contributed by atoms with Crippen LogP contribution in [0.3, 0.4) is 0 Å². The van der Waals surface area contributed by atoms with Crippen molar-refractivity contribution in [3.8, 4) is 11.8 Å². The van der Waals surface area contributed by atoms with E-state index >= 15 is 0 Å².